The molecule has 1 heterocycles. The van der Waals surface area contributed by atoms with E-state index in [0.29, 0.717) is 10.2 Å². The van der Waals surface area contributed by atoms with Crippen LogP contribution in [-0.2, 0) is 4.79 Å². The molecule has 16 heavy (non-hydrogen) atoms. The molecule has 0 aliphatic rings. The first-order chi connectivity index (χ1) is 7.59. The number of aliphatic carboxylic acids is 1. The molecule has 0 saturated carbocycles. The van der Waals surface area contributed by atoms with Crippen LogP contribution < -0.4 is 5.32 Å². The van der Waals surface area contributed by atoms with Gasteiger partial charge in [0.05, 0.1) is 6.42 Å². The van der Waals surface area contributed by atoms with Gasteiger partial charge in [-0.1, -0.05) is 6.08 Å². The van der Waals surface area contributed by atoms with E-state index in [0.717, 1.165) is 0 Å². The molecule has 6 heteroatoms. The molecule has 0 saturated heterocycles. The highest BCUT2D eigenvalue weighted by molar-refractivity contribution is 9.10. The summed E-state index contributed by atoms with van der Waals surface area (Å²) in [6.45, 7) is 0. The SMILES string of the molecule is O=C(O)C/C=C/NC(=O)c1ccnc(Br)c1. The molecular weight excluding hydrogens is 276 g/mol. The van der Waals surface area contributed by atoms with E-state index in [1.807, 2.05) is 0 Å². The fraction of sp³-hybridized carbons (Fsp3) is 0.100. The third-order valence-electron chi connectivity index (χ3n) is 1.61. The molecule has 2 N–H and O–H groups in total. The van der Waals surface area contributed by atoms with Crippen LogP contribution in [0, 0.1) is 0 Å². The Bertz CT molecular complexity index is 432. The van der Waals surface area contributed by atoms with Crippen molar-refractivity contribution in [2.75, 3.05) is 0 Å². The van der Waals surface area contributed by atoms with E-state index >= 15 is 0 Å². The second-order valence-electron chi connectivity index (χ2n) is 2.84. The molecule has 0 fully saturated rings. The zero-order valence-corrected chi connectivity index (χ0v) is 9.77. The number of halogens is 1. The van der Waals surface area contributed by atoms with Gasteiger partial charge >= 0.3 is 5.97 Å². The molecule has 0 bridgehead atoms. The molecule has 1 rings (SSSR count). The van der Waals surface area contributed by atoms with Gasteiger partial charge in [-0.15, -0.1) is 0 Å². The largest absolute Gasteiger partial charge is 0.481 e. The van der Waals surface area contributed by atoms with E-state index in [2.05, 4.69) is 26.2 Å². The first-order valence-corrected chi connectivity index (χ1v) is 5.18. The third kappa shape index (κ3) is 4.22. The number of carboxylic acid groups (broad SMARTS) is 1. The molecule has 84 valence electrons. The molecular formula is C10H9BrN2O3. The molecule has 0 aliphatic heterocycles. The molecule has 1 aromatic heterocycles. The molecule has 0 aliphatic carbocycles. The zero-order valence-electron chi connectivity index (χ0n) is 8.18. The zero-order chi connectivity index (χ0) is 12.0. The summed E-state index contributed by atoms with van der Waals surface area (Å²) in [5, 5.41) is 10.8. The van der Waals surface area contributed by atoms with Gasteiger partial charge in [0, 0.05) is 18.0 Å². The maximum atomic E-state index is 11.5. The van der Waals surface area contributed by atoms with Gasteiger partial charge in [-0.3, -0.25) is 9.59 Å². The quantitative estimate of drug-likeness (QED) is 0.823. The van der Waals surface area contributed by atoms with E-state index in [1.54, 1.807) is 12.1 Å². The fourth-order valence-corrected chi connectivity index (χ4v) is 1.29. The predicted molar refractivity (Wildman–Crippen MR) is 60.8 cm³/mol. The minimum atomic E-state index is -0.947. The Morgan fingerprint density at radius 3 is 2.94 bits per heavy atom. The standard InChI is InChI=1S/C10H9BrN2O3/c11-8-6-7(3-5-12-8)10(16)13-4-1-2-9(14)15/h1,3-6H,2H2,(H,13,16)(H,14,15)/b4-1+. The van der Waals surface area contributed by atoms with Crippen molar-refractivity contribution in [1.82, 2.24) is 10.3 Å². The van der Waals surface area contributed by atoms with E-state index < -0.39 is 5.97 Å². The molecule has 5 nitrogen and oxygen atoms in total. The first kappa shape index (κ1) is 12.4. The van der Waals surface area contributed by atoms with Gasteiger partial charge in [-0.25, -0.2) is 4.98 Å². The Kier molecular flexibility index (Phi) is 4.65. The number of hydrogen-bond acceptors (Lipinski definition) is 3. The first-order valence-electron chi connectivity index (χ1n) is 4.39. The van der Waals surface area contributed by atoms with Crippen LogP contribution in [-0.4, -0.2) is 22.0 Å². The minimum absolute atomic E-state index is 0.125. The van der Waals surface area contributed by atoms with Crippen LogP contribution in [0.4, 0.5) is 0 Å². The molecule has 0 aromatic carbocycles. The number of pyridine rings is 1. The summed E-state index contributed by atoms with van der Waals surface area (Å²) in [6.07, 6.45) is 4.04. The summed E-state index contributed by atoms with van der Waals surface area (Å²) >= 11 is 3.14. The predicted octanol–water partition coefficient (Wildman–Crippen LogP) is 1.56. The van der Waals surface area contributed by atoms with E-state index in [9.17, 15) is 9.59 Å². The summed E-state index contributed by atoms with van der Waals surface area (Å²) < 4.78 is 0.565. The van der Waals surface area contributed by atoms with Crippen LogP contribution in [0.2, 0.25) is 0 Å². The number of carbonyl (C=O) groups is 2. The lowest BCUT2D eigenvalue weighted by molar-refractivity contribution is -0.136. The summed E-state index contributed by atoms with van der Waals surface area (Å²) in [5.74, 6) is -1.26. The van der Waals surface area contributed by atoms with Crippen LogP contribution in [0.1, 0.15) is 16.8 Å². The van der Waals surface area contributed by atoms with E-state index in [1.165, 1.54) is 18.5 Å². The van der Waals surface area contributed by atoms with Crippen molar-refractivity contribution in [1.29, 1.82) is 0 Å². The smallest absolute Gasteiger partial charge is 0.307 e. The number of nitrogens with zero attached hydrogens (tertiary/aromatic N) is 1. The second-order valence-corrected chi connectivity index (χ2v) is 3.65. The van der Waals surface area contributed by atoms with Crippen molar-refractivity contribution in [3.05, 3.63) is 40.8 Å². The molecule has 1 amide bonds. The van der Waals surface area contributed by atoms with Crippen LogP contribution >= 0.6 is 15.9 Å². The lowest BCUT2D eigenvalue weighted by atomic mass is 10.2. The average molecular weight is 285 g/mol. The van der Waals surface area contributed by atoms with E-state index in [-0.39, 0.29) is 12.3 Å². The summed E-state index contributed by atoms with van der Waals surface area (Å²) in [7, 11) is 0. The topological polar surface area (TPSA) is 79.3 Å². The Labute approximate surface area is 100 Å². The Balaban J connectivity index is 2.53. The lowest BCUT2D eigenvalue weighted by Crippen LogP contribution is -2.17. The molecule has 1 aromatic rings. The van der Waals surface area contributed by atoms with Crippen molar-refractivity contribution >= 4 is 27.8 Å². The van der Waals surface area contributed by atoms with Gasteiger partial charge < -0.3 is 10.4 Å². The van der Waals surface area contributed by atoms with Crippen LogP contribution in [0.5, 0.6) is 0 Å². The van der Waals surface area contributed by atoms with Crippen LogP contribution in [0.3, 0.4) is 0 Å². The number of nitrogens with one attached hydrogen (secondary N) is 1. The number of carboxylic acids is 1. The summed E-state index contributed by atoms with van der Waals surface area (Å²) in [4.78, 5) is 25.5. The number of hydrogen-bond donors (Lipinski definition) is 2. The number of rotatable bonds is 4. The van der Waals surface area contributed by atoms with Crippen LogP contribution in [0.15, 0.2) is 35.2 Å². The number of aromatic nitrogens is 1. The van der Waals surface area contributed by atoms with E-state index in [4.69, 9.17) is 5.11 Å². The maximum absolute atomic E-state index is 11.5. The lowest BCUT2D eigenvalue weighted by Gasteiger charge is -1.99. The van der Waals surface area contributed by atoms with Gasteiger partial charge in [0.2, 0.25) is 0 Å². The molecule has 0 atom stereocenters. The monoisotopic (exact) mass is 284 g/mol. The van der Waals surface area contributed by atoms with Crippen molar-refractivity contribution in [3.8, 4) is 0 Å². The normalized spacial score (nSPS) is 10.3. The maximum Gasteiger partial charge on any atom is 0.307 e. The second kappa shape index (κ2) is 6.02. The van der Waals surface area contributed by atoms with Crippen molar-refractivity contribution in [3.63, 3.8) is 0 Å². The highest BCUT2D eigenvalue weighted by Crippen LogP contribution is 2.07. The third-order valence-corrected chi connectivity index (χ3v) is 2.05. The minimum Gasteiger partial charge on any atom is -0.481 e. The highest BCUT2D eigenvalue weighted by Gasteiger charge is 2.03. The van der Waals surface area contributed by atoms with Crippen molar-refractivity contribution in [2.24, 2.45) is 0 Å². The van der Waals surface area contributed by atoms with Crippen LogP contribution in [0.25, 0.3) is 0 Å². The van der Waals surface area contributed by atoms with Gasteiger partial charge in [-0.05, 0) is 28.1 Å². The summed E-state index contributed by atoms with van der Waals surface area (Å²) in [6, 6.07) is 3.13. The van der Waals surface area contributed by atoms with Crippen molar-refractivity contribution in [2.45, 2.75) is 6.42 Å². The van der Waals surface area contributed by atoms with Gasteiger partial charge in [0.25, 0.3) is 5.91 Å². The Hall–Kier alpha value is -1.69. The number of carbonyl (C=O) groups excluding carboxylic acids is 1. The fourth-order valence-electron chi connectivity index (χ4n) is 0.921. The van der Waals surface area contributed by atoms with Gasteiger partial charge in [0.1, 0.15) is 4.60 Å². The molecule has 0 radical (unpaired) electrons. The van der Waals surface area contributed by atoms with Gasteiger partial charge in [0.15, 0.2) is 0 Å². The Morgan fingerprint density at radius 2 is 2.31 bits per heavy atom. The summed E-state index contributed by atoms with van der Waals surface area (Å²) in [5.41, 5.74) is 0.446. The molecule has 0 unspecified atom stereocenters. The van der Waals surface area contributed by atoms with Gasteiger partial charge in [-0.2, -0.15) is 0 Å². The average Bonchev–Trinajstić information content (AvgIpc) is 2.24. The number of amides is 1. The highest BCUT2D eigenvalue weighted by atomic mass is 79.9. The molecule has 0 spiro atoms. The Morgan fingerprint density at radius 1 is 1.56 bits per heavy atom. The van der Waals surface area contributed by atoms with Crippen molar-refractivity contribution < 1.29 is 14.7 Å².